The molecule has 0 atom stereocenters. The Morgan fingerprint density at radius 1 is 1.03 bits per heavy atom. The number of thioether (sulfide) groups is 1. The molecule has 0 aliphatic carbocycles. The largest absolute Gasteiger partial charge is 0.418 e. The summed E-state index contributed by atoms with van der Waals surface area (Å²) in [6, 6.07) is 12.2. The van der Waals surface area contributed by atoms with E-state index < -0.39 is 17.6 Å². The van der Waals surface area contributed by atoms with Crippen molar-refractivity contribution < 1.29 is 22.8 Å². The number of anilines is 1. The molecule has 1 heterocycles. The molecule has 0 spiro atoms. The van der Waals surface area contributed by atoms with Gasteiger partial charge in [-0.1, -0.05) is 29.8 Å². The third-order valence-electron chi connectivity index (χ3n) is 4.76. The van der Waals surface area contributed by atoms with E-state index in [0.717, 1.165) is 11.0 Å². The van der Waals surface area contributed by atoms with Crippen LogP contribution in [0.5, 0.6) is 0 Å². The molecule has 0 bridgehead atoms. The van der Waals surface area contributed by atoms with E-state index in [4.69, 9.17) is 11.6 Å². The second kappa shape index (κ2) is 10.4. The number of carbonyl (C=O) groups excluding carboxylic acids is 2. The fraction of sp³-hybridized carbons (Fsp3) is 0.333. The minimum Gasteiger partial charge on any atom is -0.339 e. The van der Waals surface area contributed by atoms with Crippen LogP contribution in [0, 0.1) is 0 Å². The third kappa shape index (κ3) is 6.88. The lowest BCUT2D eigenvalue weighted by Crippen LogP contribution is -2.50. The first-order valence-electron chi connectivity index (χ1n) is 9.57. The Kier molecular flexibility index (Phi) is 7.85. The second-order valence-corrected chi connectivity index (χ2v) is 8.48. The smallest absolute Gasteiger partial charge is 0.339 e. The minimum atomic E-state index is -4.54. The maximum atomic E-state index is 13.1. The molecule has 10 heteroatoms. The average molecular weight is 472 g/mol. The summed E-state index contributed by atoms with van der Waals surface area (Å²) in [5, 5.41) is 2.96. The number of hydrogen-bond donors (Lipinski definition) is 1. The zero-order valence-corrected chi connectivity index (χ0v) is 18.1. The summed E-state index contributed by atoms with van der Waals surface area (Å²) >= 11 is 7.35. The molecular weight excluding hydrogens is 451 g/mol. The predicted octanol–water partition coefficient (Wildman–Crippen LogP) is 4.23. The molecule has 31 heavy (non-hydrogen) atoms. The van der Waals surface area contributed by atoms with Gasteiger partial charge in [0.2, 0.25) is 11.8 Å². The summed E-state index contributed by atoms with van der Waals surface area (Å²) < 4.78 is 39.2. The molecule has 1 N–H and O–H groups in total. The maximum absolute atomic E-state index is 13.1. The Hall–Kier alpha value is -2.23. The number of nitrogens with one attached hydrogen (secondary N) is 1. The van der Waals surface area contributed by atoms with Gasteiger partial charge in [0.05, 0.1) is 23.5 Å². The summed E-state index contributed by atoms with van der Waals surface area (Å²) in [5.41, 5.74) is -1.14. The van der Waals surface area contributed by atoms with Crippen LogP contribution in [-0.2, 0) is 15.8 Å². The Bertz CT molecular complexity index is 934. The van der Waals surface area contributed by atoms with Gasteiger partial charge in [-0.3, -0.25) is 14.5 Å². The van der Waals surface area contributed by atoms with Crippen LogP contribution in [0.3, 0.4) is 0 Å². The van der Waals surface area contributed by atoms with E-state index in [1.54, 1.807) is 17.0 Å². The zero-order chi connectivity index (χ0) is 22.4. The Balaban J connectivity index is 1.45. The molecule has 1 fully saturated rings. The van der Waals surface area contributed by atoms with Gasteiger partial charge in [0.1, 0.15) is 0 Å². The van der Waals surface area contributed by atoms with Gasteiger partial charge in [0.15, 0.2) is 0 Å². The molecule has 0 saturated carbocycles. The first-order valence-corrected chi connectivity index (χ1v) is 10.9. The number of hydrogen-bond acceptors (Lipinski definition) is 4. The highest BCUT2D eigenvalue weighted by atomic mass is 35.5. The van der Waals surface area contributed by atoms with Crippen molar-refractivity contribution in [1.82, 2.24) is 9.80 Å². The van der Waals surface area contributed by atoms with Crippen LogP contribution >= 0.6 is 23.4 Å². The number of benzene rings is 2. The van der Waals surface area contributed by atoms with Crippen molar-refractivity contribution >= 4 is 40.9 Å². The summed E-state index contributed by atoms with van der Waals surface area (Å²) in [4.78, 5) is 29.1. The molecule has 5 nitrogen and oxygen atoms in total. The van der Waals surface area contributed by atoms with Gasteiger partial charge in [0.25, 0.3) is 0 Å². The standard InChI is InChI=1S/C21H21ClF3N3O2S/c22-15-4-3-5-16(12-15)31-14-20(30)28-10-8-27(9-11-28)13-19(29)26-18-7-2-1-6-17(18)21(23,24)25/h1-7,12H,8-11,13-14H2,(H,26,29). The van der Waals surface area contributed by atoms with E-state index in [9.17, 15) is 22.8 Å². The first-order chi connectivity index (χ1) is 14.7. The van der Waals surface area contributed by atoms with Gasteiger partial charge in [-0.2, -0.15) is 13.2 Å². The van der Waals surface area contributed by atoms with Crippen molar-refractivity contribution in [3.8, 4) is 0 Å². The fourth-order valence-corrected chi connectivity index (χ4v) is 4.29. The fourth-order valence-electron chi connectivity index (χ4n) is 3.18. The number of halogens is 4. The van der Waals surface area contributed by atoms with Gasteiger partial charge < -0.3 is 10.2 Å². The maximum Gasteiger partial charge on any atom is 0.418 e. The highest BCUT2D eigenvalue weighted by molar-refractivity contribution is 8.00. The second-order valence-electron chi connectivity index (χ2n) is 6.99. The summed E-state index contributed by atoms with van der Waals surface area (Å²) in [5.74, 6) is -0.240. The van der Waals surface area contributed by atoms with Crippen molar-refractivity contribution in [2.24, 2.45) is 0 Å². The zero-order valence-electron chi connectivity index (χ0n) is 16.5. The Morgan fingerprint density at radius 3 is 2.42 bits per heavy atom. The number of piperazine rings is 1. The van der Waals surface area contributed by atoms with Crippen molar-refractivity contribution in [1.29, 1.82) is 0 Å². The first kappa shape index (κ1) is 23.4. The monoisotopic (exact) mass is 471 g/mol. The van der Waals surface area contributed by atoms with Gasteiger partial charge in [-0.05, 0) is 30.3 Å². The molecule has 166 valence electrons. The summed E-state index contributed by atoms with van der Waals surface area (Å²) in [6.45, 7) is 1.83. The number of amides is 2. The number of para-hydroxylation sites is 1. The molecule has 1 saturated heterocycles. The van der Waals surface area contributed by atoms with Crippen molar-refractivity contribution in [3.63, 3.8) is 0 Å². The van der Waals surface area contributed by atoms with E-state index in [1.807, 2.05) is 17.0 Å². The minimum absolute atomic E-state index is 0.00631. The lowest BCUT2D eigenvalue weighted by molar-refractivity contribution is -0.137. The Labute approximate surface area is 187 Å². The third-order valence-corrected chi connectivity index (χ3v) is 5.97. The normalized spacial score (nSPS) is 15.0. The van der Waals surface area contributed by atoms with E-state index in [0.29, 0.717) is 31.2 Å². The molecule has 2 aromatic rings. The van der Waals surface area contributed by atoms with Crippen LogP contribution in [0.15, 0.2) is 53.4 Å². The molecular formula is C21H21ClF3N3O2S. The molecule has 1 aliphatic heterocycles. The van der Waals surface area contributed by atoms with Gasteiger partial charge >= 0.3 is 6.18 Å². The van der Waals surface area contributed by atoms with Gasteiger partial charge in [-0.15, -0.1) is 11.8 Å². The van der Waals surface area contributed by atoms with E-state index in [2.05, 4.69) is 5.32 Å². The van der Waals surface area contributed by atoms with E-state index >= 15 is 0 Å². The van der Waals surface area contributed by atoms with E-state index in [-0.39, 0.29) is 23.9 Å². The number of nitrogens with zero attached hydrogens (tertiary/aromatic N) is 2. The highest BCUT2D eigenvalue weighted by Crippen LogP contribution is 2.34. The van der Waals surface area contributed by atoms with Crippen LogP contribution < -0.4 is 5.32 Å². The average Bonchev–Trinajstić information content (AvgIpc) is 2.72. The number of rotatable bonds is 6. The number of alkyl halides is 3. The lowest BCUT2D eigenvalue weighted by atomic mass is 10.1. The molecule has 2 aromatic carbocycles. The molecule has 1 aliphatic rings. The van der Waals surface area contributed by atoms with Crippen molar-refractivity contribution in [3.05, 3.63) is 59.1 Å². The molecule has 0 unspecified atom stereocenters. The van der Waals surface area contributed by atoms with Crippen LogP contribution in [-0.4, -0.2) is 60.1 Å². The van der Waals surface area contributed by atoms with Gasteiger partial charge in [0, 0.05) is 36.1 Å². The summed E-state index contributed by atoms with van der Waals surface area (Å²) in [6.07, 6.45) is -4.54. The van der Waals surface area contributed by atoms with Crippen LogP contribution in [0.25, 0.3) is 0 Å². The van der Waals surface area contributed by atoms with Crippen LogP contribution in [0.4, 0.5) is 18.9 Å². The molecule has 2 amide bonds. The molecule has 0 radical (unpaired) electrons. The van der Waals surface area contributed by atoms with Gasteiger partial charge in [-0.25, -0.2) is 0 Å². The number of carbonyl (C=O) groups is 2. The quantitative estimate of drug-likeness (QED) is 0.640. The van der Waals surface area contributed by atoms with Crippen molar-refractivity contribution in [2.45, 2.75) is 11.1 Å². The lowest BCUT2D eigenvalue weighted by Gasteiger charge is -2.34. The van der Waals surface area contributed by atoms with Crippen LogP contribution in [0.1, 0.15) is 5.56 Å². The van der Waals surface area contributed by atoms with E-state index in [1.165, 1.54) is 30.0 Å². The Morgan fingerprint density at radius 2 is 1.74 bits per heavy atom. The topological polar surface area (TPSA) is 52.7 Å². The molecule has 0 aromatic heterocycles. The molecule has 3 rings (SSSR count). The predicted molar refractivity (Wildman–Crippen MR) is 115 cm³/mol. The van der Waals surface area contributed by atoms with Crippen LogP contribution in [0.2, 0.25) is 5.02 Å². The highest BCUT2D eigenvalue weighted by Gasteiger charge is 2.33. The van der Waals surface area contributed by atoms with Crippen molar-refractivity contribution in [2.75, 3.05) is 43.8 Å². The summed E-state index contributed by atoms with van der Waals surface area (Å²) in [7, 11) is 0. The SMILES string of the molecule is O=C(CN1CCN(C(=O)CSc2cccc(Cl)c2)CC1)Nc1ccccc1C(F)(F)F.